The minimum atomic E-state index is -3.10. The Morgan fingerprint density at radius 2 is 1.88 bits per heavy atom. The van der Waals surface area contributed by atoms with E-state index < -0.39 is 49.6 Å². The fourth-order valence-electron chi connectivity index (χ4n) is 3.65. The van der Waals surface area contributed by atoms with Crippen molar-refractivity contribution in [3.63, 3.8) is 0 Å². The third-order valence-electron chi connectivity index (χ3n) is 5.34. The van der Waals surface area contributed by atoms with Crippen molar-refractivity contribution in [2.45, 2.75) is 6.08 Å². The summed E-state index contributed by atoms with van der Waals surface area (Å²) in [5.74, 6) is -1.72. The Morgan fingerprint density at radius 1 is 1.15 bits per heavy atom. The molecule has 0 bridgehead atoms. The number of nitrogens with two attached hydrogens (primary N) is 1. The minimum absolute atomic E-state index is 0.0242. The molecule has 0 saturated carbocycles. The molecule has 1 atom stereocenters. The smallest absolute Gasteiger partial charge is 0.267 e. The monoisotopic (exact) mass is 460 g/mol. The Morgan fingerprint density at radius 3 is 2.64 bits per heavy atom. The summed E-state index contributed by atoms with van der Waals surface area (Å²) in [4.78, 5) is 24.9. The number of methoxy groups -OCH3 is 2. The van der Waals surface area contributed by atoms with Crippen LogP contribution in [0.3, 0.4) is 0 Å². The Labute approximate surface area is 203 Å². The summed E-state index contributed by atoms with van der Waals surface area (Å²) < 4.78 is 91.1. The second kappa shape index (κ2) is 8.53. The SMILES string of the molecule is [2H]c1c(OC([2H])([2H])[2H])c(OC([2H])([2H])[2H])c([2H])c2c(N)nc(N3CCN(C(=O)C4([2H])COc5ccccc5O4)CC3)nc12. The van der Waals surface area contributed by atoms with Gasteiger partial charge in [0.1, 0.15) is 12.4 Å². The lowest BCUT2D eigenvalue weighted by Crippen LogP contribution is -2.54. The van der Waals surface area contributed by atoms with Gasteiger partial charge >= 0.3 is 0 Å². The maximum absolute atomic E-state index is 13.2. The van der Waals surface area contributed by atoms with E-state index in [1.807, 2.05) is 0 Å². The fraction of sp³-hybridized carbons (Fsp3) is 0.348. The van der Waals surface area contributed by atoms with Gasteiger partial charge in [0.05, 0.1) is 31.9 Å². The molecule has 0 aliphatic carbocycles. The average Bonchev–Trinajstić information content (AvgIpc) is 2.91. The van der Waals surface area contributed by atoms with Crippen LogP contribution in [-0.4, -0.2) is 73.7 Å². The first-order valence-electron chi connectivity index (χ1n) is 14.5. The molecular formula is C23H25N5O5. The number of ether oxygens (including phenoxy) is 4. The van der Waals surface area contributed by atoms with E-state index in [9.17, 15) is 4.79 Å². The summed E-state index contributed by atoms with van der Waals surface area (Å²) >= 11 is 0. The van der Waals surface area contributed by atoms with E-state index in [4.69, 9.17) is 37.0 Å². The first-order chi connectivity index (χ1) is 19.6. The van der Waals surface area contributed by atoms with E-state index in [1.54, 1.807) is 29.2 Å². The first kappa shape index (κ1) is 12.9. The van der Waals surface area contributed by atoms with Crippen LogP contribution < -0.4 is 29.6 Å². The van der Waals surface area contributed by atoms with Gasteiger partial charge in [0.2, 0.25) is 12.0 Å². The van der Waals surface area contributed by atoms with Crippen molar-refractivity contribution in [1.29, 1.82) is 0 Å². The van der Waals surface area contributed by atoms with Crippen LogP contribution in [0.1, 0.15) is 12.3 Å². The average molecular weight is 461 g/mol. The maximum Gasteiger partial charge on any atom is 0.267 e. The first-order valence-corrected chi connectivity index (χ1v) is 10.00. The number of hydrogen-bond donors (Lipinski definition) is 1. The standard InChI is InChI=1S/C23H25N5O5/c1-30-18-11-14-15(12-19(18)31-2)25-23(26-21(14)24)28-9-7-27(8-10-28)22(29)20-13-32-16-5-3-4-6-17(16)33-20/h3-6,11-12,20H,7-10,13H2,1-2H3,(H2,24,25,26)/i1D3,2D3,11D,12D,20D. The summed E-state index contributed by atoms with van der Waals surface area (Å²) in [6, 6.07) is 5.43. The Bertz CT molecular complexity index is 1550. The third-order valence-corrected chi connectivity index (χ3v) is 5.34. The number of carbonyl (C=O) groups is 1. The molecule has 2 aliphatic rings. The predicted octanol–water partition coefficient (Wildman–Crippen LogP) is 1.72. The third kappa shape index (κ3) is 3.88. The second-order valence-corrected chi connectivity index (χ2v) is 7.28. The van der Waals surface area contributed by atoms with E-state index in [0.717, 1.165) is 0 Å². The molecule has 10 heteroatoms. The molecule has 1 fully saturated rings. The summed E-state index contributed by atoms with van der Waals surface area (Å²) in [6.45, 7) is 0.418. The number of benzene rings is 2. The molecule has 1 aromatic heterocycles. The van der Waals surface area contributed by atoms with Gasteiger partial charge in [0.25, 0.3) is 5.91 Å². The van der Waals surface area contributed by atoms with Crippen LogP contribution in [0.2, 0.25) is 0 Å². The van der Waals surface area contributed by atoms with Gasteiger partial charge in [-0.3, -0.25) is 4.79 Å². The van der Waals surface area contributed by atoms with Crippen molar-refractivity contribution in [2.75, 3.05) is 57.5 Å². The van der Waals surface area contributed by atoms with Gasteiger partial charge in [-0.2, -0.15) is 4.98 Å². The van der Waals surface area contributed by atoms with Gasteiger partial charge in [0.15, 0.2) is 23.0 Å². The van der Waals surface area contributed by atoms with E-state index in [1.165, 1.54) is 4.90 Å². The number of aromatic nitrogens is 2. The van der Waals surface area contributed by atoms with Crippen LogP contribution in [-0.2, 0) is 4.79 Å². The molecule has 0 spiro atoms. The fourth-order valence-corrected chi connectivity index (χ4v) is 3.65. The van der Waals surface area contributed by atoms with Gasteiger partial charge in [-0.05, 0) is 18.2 Å². The topological polar surface area (TPSA) is 112 Å². The molecule has 3 heterocycles. The number of fused-ring (bicyclic) bond motifs is 2. The number of rotatable bonds is 4. The van der Waals surface area contributed by atoms with Crippen molar-refractivity contribution in [1.82, 2.24) is 14.9 Å². The van der Waals surface area contributed by atoms with Crippen molar-refractivity contribution < 1.29 is 36.1 Å². The molecule has 2 aromatic carbocycles. The molecule has 33 heavy (non-hydrogen) atoms. The highest BCUT2D eigenvalue weighted by Crippen LogP contribution is 2.34. The normalized spacial score (nSPS) is 24.7. The lowest BCUT2D eigenvalue weighted by Gasteiger charge is -2.37. The van der Waals surface area contributed by atoms with Crippen LogP contribution in [0.4, 0.5) is 11.8 Å². The Balaban J connectivity index is 1.41. The number of piperazine rings is 1. The van der Waals surface area contributed by atoms with Gasteiger partial charge in [0, 0.05) is 37.6 Å². The number of nitrogen functional groups attached to an aromatic ring is 1. The summed E-state index contributed by atoms with van der Waals surface area (Å²) in [7, 11) is -6.19. The van der Waals surface area contributed by atoms with Crippen LogP contribution >= 0.6 is 0 Å². The summed E-state index contributed by atoms with van der Waals surface area (Å²) in [5, 5.41) is -0.222. The maximum atomic E-state index is 13.2. The lowest BCUT2D eigenvalue weighted by atomic mass is 10.2. The van der Waals surface area contributed by atoms with Gasteiger partial charge < -0.3 is 34.5 Å². The molecule has 2 N–H and O–H groups in total. The second-order valence-electron chi connectivity index (χ2n) is 7.28. The van der Waals surface area contributed by atoms with Crippen LogP contribution in [0.25, 0.3) is 10.9 Å². The number of anilines is 2. The number of carbonyl (C=O) groups excluding carboxylic acids is 1. The molecule has 1 unspecified atom stereocenters. The Kier molecular flexibility index (Phi) is 3.34. The largest absolute Gasteiger partial charge is 0.493 e. The van der Waals surface area contributed by atoms with Gasteiger partial charge in [-0.15, -0.1) is 0 Å². The van der Waals surface area contributed by atoms with Crippen molar-refractivity contribution in [2.24, 2.45) is 0 Å². The molecule has 1 saturated heterocycles. The van der Waals surface area contributed by atoms with Crippen LogP contribution in [0.5, 0.6) is 23.0 Å². The highest BCUT2D eigenvalue weighted by Gasteiger charge is 2.33. The highest BCUT2D eigenvalue weighted by molar-refractivity contribution is 5.91. The number of nitrogens with zero attached hydrogens (tertiary/aromatic N) is 4. The number of hydrogen-bond acceptors (Lipinski definition) is 9. The van der Waals surface area contributed by atoms with Gasteiger partial charge in [-0.25, -0.2) is 4.98 Å². The van der Waals surface area contributed by atoms with E-state index >= 15 is 0 Å². The number of para-hydroxylation sites is 2. The van der Waals surface area contributed by atoms with E-state index in [0.29, 0.717) is 11.5 Å². The van der Waals surface area contributed by atoms with Crippen LogP contribution in [0, 0.1) is 0 Å². The molecule has 0 radical (unpaired) electrons. The predicted molar refractivity (Wildman–Crippen MR) is 122 cm³/mol. The zero-order valence-electron chi connectivity index (χ0n) is 26.3. The van der Waals surface area contributed by atoms with Crippen molar-refractivity contribution in [3.05, 3.63) is 36.4 Å². The molecule has 5 rings (SSSR count). The van der Waals surface area contributed by atoms with E-state index in [-0.39, 0.29) is 55.5 Å². The molecular weight excluding hydrogens is 426 g/mol. The van der Waals surface area contributed by atoms with Crippen molar-refractivity contribution in [3.8, 4) is 23.0 Å². The lowest BCUT2D eigenvalue weighted by molar-refractivity contribution is -0.141. The van der Waals surface area contributed by atoms with Gasteiger partial charge in [-0.1, -0.05) is 12.1 Å². The molecule has 2 aliphatic heterocycles. The molecule has 1 amide bonds. The van der Waals surface area contributed by atoms with Crippen molar-refractivity contribution >= 4 is 28.6 Å². The highest BCUT2D eigenvalue weighted by atomic mass is 16.6. The number of amides is 1. The zero-order valence-corrected chi connectivity index (χ0v) is 17.3. The zero-order chi connectivity index (χ0) is 30.6. The quantitative estimate of drug-likeness (QED) is 0.622. The van der Waals surface area contributed by atoms with Crippen LogP contribution in [0.15, 0.2) is 36.4 Å². The Hall–Kier alpha value is -3.95. The molecule has 3 aromatic rings. The molecule has 10 nitrogen and oxygen atoms in total. The summed E-state index contributed by atoms with van der Waals surface area (Å²) in [6.07, 6.45) is -1.97. The summed E-state index contributed by atoms with van der Waals surface area (Å²) in [5.41, 5.74) is 5.87. The molecule has 172 valence electrons. The van der Waals surface area contributed by atoms with E-state index in [2.05, 4.69) is 9.97 Å². The minimum Gasteiger partial charge on any atom is -0.493 e.